The fourth-order valence-corrected chi connectivity index (χ4v) is 3.29. The number of fused-ring (bicyclic) bond motifs is 1. The molecule has 0 bridgehead atoms. The van der Waals surface area contributed by atoms with Crippen molar-refractivity contribution in [3.63, 3.8) is 0 Å². The van der Waals surface area contributed by atoms with E-state index in [1.54, 1.807) is 0 Å². The Morgan fingerprint density at radius 1 is 1.00 bits per heavy atom. The lowest BCUT2D eigenvalue weighted by Gasteiger charge is -2.33. The Kier molecular flexibility index (Phi) is 3.98. The van der Waals surface area contributed by atoms with Gasteiger partial charge in [0.1, 0.15) is 0 Å². The van der Waals surface area contributed by atoms with Crippen LogP contribution in [0.15, 0.2) is 36.4 Å². The quantitative estimate of drug-likeness (QED) is 0.910. The van der Waals surface area contributed by atoms with Crippen LogP contribution in [0.5, 0.6) is 0 Å². The highest BCUT2D eigenvalue weighted by Crippen LogP contribution is 2.36. The Labute approximate surface area is 127 Å². The molecule has 0 aliphatic carbocycles. The molecule has 1 heterocycles. The average Bonchev–Trinajstić information content (AvgIpc) is 2.47. The van der Waals surface area contributed by atoms with Crippen molar-refractivity contribution < 1.29 is 0 Å². The molecule has 0 saturated carbocycles. The van der Waals surface area contributed by atoms with Gasteiger partial charge in [-0.3, -0.25) is 0 Å². The number of rotatable bonds is 3. The minimum absolute atomic E-state index is 0.911. The fourth-order valence-electron chi connectivity index (χ4n) is 3.29. The number of nitrogens with zero attached hydrogens (tertiary/aromatic N) is 1. The van der Waals surface area contributed by atoms with Crippen molar-refractivity contribution in [3.8, 4) is 0 Å². The van der Waals surface area contributed by atoms with E-state index in [1.165, 1.54) is 46.5 Å². The predicted molar refractivity (Wildman–Crippen MR) is 90.4 cm³/mol. The first-order chi connectivity index (χ1) is 10.2. The summed E-state index contributed by atoms with van der Waals surface area (Å²) in [5.74, 6) is 0. The van der Waals surface area contributed by atoms with Gasteiger partial charge in [0.05, 0.1) is 0 Å². The second-order valence-corrected chi connectivity index (χ2v) is 6.05. The van der Waals surface area contributed by atoms with Crippen LogP contribution in [0.25, 0.3) is 0 Å². The van der Waals surface area contributed by atoms with Gasteiger partial charge in [-0.25, -0.2) is 0 Å². The highest BCUT2D eigenvalue weighted by molar-refractivity contribution is 5.71. The zero-order valence-corrected chi connectivity index (χ0v) is 13.2. The van der Waals surface area contributed by atoms with Crippen molar-refractivity contribution in [2.24, 2.45) is 0 Å². The largest absolute Gasteiger partial charge is 0.341 e. The van der Waals surface area contributed by atoms with E-state index < -0.39 is 0 Å². The maximum Gasteiger partial charge on any atom is 0.0456 e. The molecule has 0 fully saturated rings. The summed E-state index contributed by atoms with van der Waals surface area (Å²) < 4.78 is 0. The van der Waals surface area contributed by atoms with Crippen LogP contribution in [-0.4, -0.2) is 13.6 Å². The number of benzene rings is 2. The van der Waals surface area contributed by atoms with Crippen molar-refractivity contribution in [1.82, 2.24) is 5.32 Å². The number of hydrogen-bond acceptors (Lipinski definition) is 2. The first-order valence-corrected chi connectivity index (χ1v) is 7.80. The van der Waals surface area contributed by atoms with Crippen LogP contribution in [0.1, 0.15) is 28.7 Å². The molecular formula is C19H24N2. The summed E-state index contributed by atoms with van der Waals surface area (Å²) in [6.45, 7) is 6.36. The molecule has 0 spiro atoms. The third-order valence-electron chi connectivity index (χ3n) is 4.25. The summed E-state index contributed by atoms with van der Waals surface area (Å²) in [6.07, 6.45) is 2.42. The smallest absolute Gasteiger partial charge is 0.0456 e. The highest BCUT2D eigenvalue weighted by atomic mass is 15.1. The minimum atomic E-state index is 0.911. The maximum absolute atomic E-state index is 3.30. The molecule has 0 unspecified atom stereocenters. The van der Waals surface area contributed by atoms with Gasteiger partial charge < -0.3 is 10.2 Å². The number of nitrogens with one attached hydrogen (secondary N) is 1. The van der Waals surface area contributed by atoms with E-state index in [4.69, 9.17) is 0 Å². The molecule has 0 radical (unpaired) electrons. The molecule has 0 aromatic heterocycles. The van der Waals surface area contributed by atoms with E-state index in [2.05, 4.69) is 60.5 Å². The van der Waals surface area contributed by atoms with Gasteiger partial charge in [-0.2, -0.15) is 0 Å². The molecule has 0 saturated heterocycles. The van der Waals surface area contributed by atoms with E-state index >= 15 is 0 Å². The third-order valence-corrected chi connectivity index (χ3v) is 4.25. The highest BCUT2D eigenvalue weighted by Gasteiger charge is 2.20. The van der Waals surface area contributed by atoms with E-state index in [-0.39, 0.29) is 0 Å². The first-order valence-electron chi connectivity index (χ1n) is 7.80. The third kappa shape index (κ3) is 2.81. The first kappa shape index (κ1) is 14.2. The van der Waals surface area contributed by atoms with E-state index in [9.17, 15) is 0 Å². The zero-order valence-electron chi connectivity index (χ0n) is 13.2. The van der Waals surface area contributed by atoms with E-state index in [1.807, 2.05) is 7.05 Å². The topological polar surface area (TPSA) is 15.3 Å². The Balaban J connectivity index is 2.06. The Morgan fingerprint density at radius 3 is 2.48 bits per heavy atom. The fraction of sp³-hybridized carbons (Fsp3) is 0.368. The Hall–Kier alpha value is -1.80. The Bertz CT molecular complexity index is 646. The molecule has 1 aliphatic heterocycles. The number of anilines is 2. The summed E-state index contributed by atoms with van der Waals surface area (Å²) in [5, 5.41) is 3.30. The molecule has 1 aliphatic rings. The van der Waals surface area contributed by atoms with Gasteiger partial charge in [0.15, 0.2) is 0 Å². The van der Waals surface area contributed by atoms with Crippen LogP contribution < -0.4 is 10.2 Å². The van der Waals surface area contributed by atoms with Crippen LogP contribution in [-0.2, 0) is 13.0 Å². The summed E-state index contributed by atoms with van der Waals surface area (Å²) in [5.41, 5.74) is 8.27. The van der Waals surface area contributed by atoms with Crippen LogP contribution in [0.3, 0.4) is 0 Å². The van der Waals surface area contributed by atoms with E-state index in [0.717, 1.165) is 13.1 Å². The van der Waals surface area contributed by atoms with Crippen LogP contribution in [0.4, 0.5) is 11.4 Å². The molecule has 1 N–H and O–H groups in total. The average molecular weight is 280 g/mol. The normalized spacial score (nSPS) is 14.1. The summed E-state index contributed by atoms with van der Waals surface area (Å²) in [4.78, 5) is 2.49. The zero-order chi connectivity index (χ0) is 14.8. The lowest BCUT2D eigenvalue weighted by molar-refractivity contribution is 0.754. The number of hydrogen-bond donors (Lipinski definition) is 1. The Morgan fingerprint density at radius 2 is 1.71 bits per heavy atom. The molecule has 2 aromatic carbocycles. The molecule has 3 rings (SSSR count). The molecule has 0 amide bonds. The lowest BCUT2D eigenvalue weighted by Crippen LogP contribution is -2.26. The second kappa shape index (κ2) is 5.90. The minimum Gasteiger partial charge on any atom is -0.341 e. The van der Waals surface area contributed by atoms with Gasteiger partial charge in [-0.15, -0.1) is 0 Å². The molecule has 21 heavy (non-hydrogen) atoms. The van der Waals surface area contributed by atoms with Gasteiger partial charge in [0, 0.05) is 24.5 Å². The summed E-state index contributed by atoms with van der Waals surface area (Å²) in [7, 11) is 2.01. The monoisotopic (exact) mass is 280 g/mol. The second-order valence-electron chi connectivity index (χ2n) is 6.05. The summed E-state index contributed by atoms with van der Waals surface area (Å²) >= 11 is 0. The molecule has 110 valence electrons. The molecule has 2 aromatic rings. The van der Waals surface area contributed by atoms with E-state index in [0.29, 0.717) is 0 Å². The SMILES string of the molecule is CNCc1cc(C)ccc1N1CCCc2cc(C)ccc21. The molecule has 2 heteroatoms. The number of aryl methyl sites for hydroxylation is 3. The predicted octanol–water partition coefficient (Wildman–Crippen LogP) is 4.11. The molecule has 0 atom stereocenters. The van der Waals surface area contributed by atoms with Crippen LogP contribution in [0.2, 0.25) is 0 Å². The van der Waals surface area contributed by atoms with Gasteiger partial charge in [-0.05, 0) is 57.0 Å². The van der Waals surface area contributed by atoms with Gasteiger partial charge in [0.25, 0.3) is 0 Å². The van der Waals surface area contributed by atoms with Gasteiger partial charge >= 0.3 is 0 Å². The maximum atomic E-state index is 3.30. The van der Waals surface area contributed by atoms with Crippen LogP contribution in [0, 0.1) is 13.8 Å². The van der Waals surface area contributed by atoms with Gasteiger partial charge in [-0.1, -0.05) is 35.4 Å². The van der Waals surface area contributed by atoms with Crippen molar-refractivity contribution in [2.45, 2.75) is 33.2 Å². The van der Waals surface area contributed by atoms with Crippen LogP contribution >= 0.6 is 0 Å². The standard InChI is InChI=1S/C19H24N2/c1-14-6-8-18-16(11-14)5-4-10-21(18)19-9-7-15(2)12-17(19)13-20-3/h6-9,11-12,20H,4-5,10,13H2,1-3H3. The lowest BCUT2D eigenvalue weighted by atomic mass is 9.97. The molecular weight excluding hydrogens is 256 g/mol. The van der Waals surface area contributed by atoms with Crippen molar-refractivity contribution in [1.29, 1.82) is 0 Å². The molecule has 2 nitrogen and oxygen atoms in total. The van der Waals surface area contributed by atoms with Crippen molar-refractivity contribution in [2.75, 3.05) is 18.5 Å². The summed E-state index contributed by atoms with van der Waals surface area (Å²) in [6, 6.07) is 13.6. The van der Waals surface area contributed by atoms with Crippen molar-refractivity contribution in [3.05, 3.63) is 58.7 Å². The van der Waals surface area contributed by atoms with Crippen molar-refractivity contribution >= 4 is 11.4 Å². The van der Waals surface area contributed by atoms with Gasteiger partial charge in [0.2, 0.25) is 0 Å².